The molecule has 0 saturated heterocycles. The Bertz CT molecular complexity index is 599. The van der Waals surface area contributed by atoms with E-state index in [0.29, 0.717) is 16.8 Å². The van der Waals surface area contributed by atoms with Crippen molar-refractivity contribution in [3.63, 3.8) is 0 Å². The van der Waals surface area contributed by atoms with Gasteiger partial charge in [0.1, 0.15) is 5.82 Å². The maximum absolute atomic E-state index is 13.1. The number of hydrogen-bond acceptors (Lipinski definition) is 2. The number of benzene rings is 2. The molecule has 2 aromatic rings. The molecule has 0 aromatic heterocycles. The van der Waals surface area contributed by atoms with Gasteiger partial charge in [-0.2, -0.15) is 0 Å². The molecular formula is C16H16FNO2. The molecule has 0 aliphatic heterocycles. The summed E-state index contributed by atoms with van der Waals surface area (Å²) in [7, 11) is 0. The van der Waals surface area contributed by atoms with E-state index in [4.69, 9.17) is 0 Å². The molecule has 2 aromatic carbocycles. The van der Waals surface area contributed by atoms with Gasteiger partial charge in [-0.25, -0.2) is 4.39 Å². The second kappa shape index (κ2) is 6.30. The van der Waals surface area contributed by atoms with Gasteiger partial charge < -0.3 is 10.4 Å². The summed E-state index contributed by atoms with van der Waals surface area (Å²) in [6.45, 7) is 1.63. The first-order chi connectivity index (χ1) is 9.56. The highest BCUT2D eigenvalue weighted by atomic mass is 19.1. The molecule has 1 unspecified atom stereocenters. The van der Waals surface area contributed by atoms with E-state index < -0.39 is 6.10 Å². The van der Waals surface area contributed by atoms with Crippen LogP contribution >= 0.6 is 0 Å². The van der Waals surface area contributed by atoms with Gasteiger partial charge in [-0.3, -0.25) is 4.79 Å². The maximum atomic E-state index is 13.1. The number of anilines is 1. The lowest BCUT2D eigenvalue weighted by atomic mass is 10.1. The highest BCUT2D eigenvalue weighted by Crippen LogP contribution is 2.18. The van der Waals surface area contributed by atoms with Crippen molar-refractivity contribution >= 4 is 11.6 Å². The summed E-state index contributed by atoms with van der Waals surface area (Å²) in [6.07, 6.45) is -0.891. The Morgan fingerprint density at radius 3 is 2.60 bits per heavy atom. The molecule has 3 nitrogen and oxygen atoms in total. The van der Waals surface area contributed by atoms with Gasteiger partial charge in [0.25, 0.3) is 0 Å². The zero-order valence-electron chi connectivity index (χ0n) is 11.1. The van der Waals surface area contributed by atoms with Gasteiger partial charge in [0, 0.05) is 5.69 Å². The number of aliphatic hydroxyl groups excluding tert-OH is 1. The molecule has 0 radical (unpaired) electrons. The molecule has 0 bridgehead atoms. The van der Waals surface area contributed by atoms with Crippen LogP contribution in [0.4, 0.5) is 10.1 Å². The minimum atomic E-state index is -0.849. The fourth-order valence-corrected chi connectivity index (χ4v) is 1.90. The van der Waals surface area contributed by atoms with E-state index in [1.165, 1.54) is 12.1 Å². The topological polar surface area (TPSA) is 49.3 Å². The summed E-state index contributed by atoms with van der Waals surface area (Å²) in [5.74, 6) is -0.625. The molecule has 104 valence electrons. The molecule has 0 spiro atoms. The standard InChI is InChI=1S/C16H16FNO2/c1-11-9-13(7-8-14(11)17)18-16(20)10-15(19)12-5-3-2-4-6-12/h2-9,15,19H,10H2,1H3,(H,18,20). The third-order valence-corrected chi connectivity index (χ3v) is 3.00. The molecule has 0 aliphatic rings. The van der Waals surface area contributed by atoms with Crippen LogP contribution in [0.2, 0.25) is 0 Å². The first-order valence-corrected chi connectivity index (χ1v) is 6.35. The Kier molecular flexibility index (Phi) is 4.48. The van der Waals surface area contributed by atoms with E-state index in [2.05, 4.69) is 5.32 Å². The Hall–Kier alpha value is -2.20. The van der Waals surface area contributed by atoms with Crippen LogP contribution in [0.1, 0.15) is 23.7 Å². The van der Waals surface area contributed by atoms with Crippen molar-refractivity contribution in [1.82, 2.24) is 0 Å². The summed E-state index contributed by atoms with van der Waals surface area (Å²) < 4.78 is 13.1. The predicted molar refractivity (Wildman–Crippen MR) is 75.8 cm³/mol. The van der Waals surface area contributed by atoms with Crippen LogP contribution in [0.5, 0.6) is 0 Å². The Labute approximate surface area is 117 Å². The summed E-state index contributed by atoms with van der Waals surface area (Å²) in [5.41, 5.74) is 1.68. The minimum Gasteiger partial charge on any atom is -0.388 e. The van der Waals surface area contributed by atoms with Gasteiger partial charge >= 0.3 is 0 Å². The van der Waals surface area contributed by atoms with Gasteiger partial charge in [0.2, 0.25) is 5.91 Å². The molecule has 4 heteroatoms. The normalized spacial score (nSPS) is 11.9. The van der Waals surface area contributed by atoms with Gasteiger partial charge in [0.15, 0.2) is 0 Å². The van der Waals surface area contributed by atoms with Crippen molar-refractivity contribution in [3.05, 3.63) is 65.5 Å². The molecule has 0 fully saturated rings. The van der Waals surface area contributed by atoms with Gasteiger partial charge in [-0.05, 0) is 36.2 Å². The molecule has 2 rings (SSSR count). The van der Waals surface area contributed by atoms with Crippen LogP contribution in [-0.4, -0.2) is 11.0 Å². The largest absolute Gasteiger partial charge is 0.388 e. The summed E-state index contributed by atoms with van der Waals surface area (Å²) in [6, 6.07) is 13.3. The molecule has 0 saturated carbocycles. The summed E-state index contributed by atoms with van der Waals surface area (Å²) >= 11 is 0. The zero-order valence-corrected chi connectivity index (χ0v) is 11.1. The third-order valence-electron chi connectivity index (χ3n) is 3.00. The highest BCUT2D eigenvalue weighted by molar-refractivity contribution is 5.91. The number of nitrogens with one attached hydrogen (secondary N) is 1. The van der Waals surface area contributed by atoms with E-state index in [0.717, 1.165) is 0 Å². The summed E-state index contributed by atoms with van der Waals surface area (Å²) in [4.78, 5) is 11.8. The number of carbonyl (C=O) groups excluding carboxylic acids is 1. The van der Waals surface area contributed by atoms with Crippen molar-refractivity contribution in [2.24, 2.45) is 0 Å². The van der Waals surface area contributed by atoms with Crippen LogP contribution in [-0.2, 0) is 4.79 Å². The van der Waals surface area contributed by atoms with Crippen molar-refractivity contribution in [2.75, 3.05) is 5.32 Å². The van der Waals surface area contributed by atoms with Crippen LogP contribution in [0.3, 0.4) is 0 Å². The quantitative estimate of drug-likeness (QED) is 0.898. The second-order valence-corrected chi connectivity index (χ2v) is 4.64. The maximum Gasteiger partial charge on any atom is 0.227 e. The highest BCUT2D eigenvalue weighted by Gasteiger charge is 2.13. The van der Waals surface area contributed by atoms with Crippen molar-refractivity contribution < 1.29 is 14.3 Å². The molecule has 20 heavy (non-hydrogen) atoms. The smallest absolute Gasteiger partial charge is 0.227 e. The number of carbonyl (C=O) groups is 1. The molecule has 0 aliphatic carbocycles. The first kappa shape index (κ1) is 14.2. The minimum absolute atomic E-state index is 0.0412. The Morgan fingerprint density at radius 2 is 1.95 bits per heavy atom. The number of hydrogen-bond donors (Lipinski definition) is 2. The number of aliphatic hydroxyl groups is 1. The lowest BCUT2D eigenvalue weighted by Crippen LogP contribution is -2.15. The fourth-order valence-electron chi connectivity index (χ4n) is 1.90. The lowest BCUT2D eigenvalue weighted by Gasteiger charge is -2.11. The van der Waals surface area contributed by atoms with Crippen molar-refractivity contribution in [1.29, 1.82) is 0 Å². The van der Waals surface area contributed by atoms with Crippen LogP contribution in [0.25, 0.3) is 0 Å². The average Bonchev–Trinajstić information content (AvgIpc) is 2.44. The number of amides is 1. The van der Waals surface area contributed by atoms with E-state index in [-0.39, 0.29) is 18.1 Å². The molecular weight excluding hydrogens is 257 g/mol. The Morgan fingerprint density at radius 1 is 1.25 bits per heavy atom. The molecule has 1 atom stereocenters. The van der Waals surface area contributed by atoms with E-state index in [1.54, 1.807) is 37.3 Å². The number of aryl methyl sites for hydroxylation is 1. The Balaban J connectivity index is 1.97. The van der Waals surface area contributed by atoms with Crippen LogP contribution in [0.15, 0.2) is 48.5 Å². The van der Waals surface area contributed by atoms with Crippen molar-refractivity contribution in [3.8, 4) is 0 Å². The van der Waals surface area contributed by atoms with Gasteiger partial charge in [0.05, 0.1) is 12.5 Å². The van der Waals surface area contributed by atoms with Gasteiger partial charge in [-0.1, -0.05) is 30.3 Å². The summed E-state index contributed by atoms with van der Waals surface area (Å²) in [5, 5.41) is 12.6. The van der Waals surface area contributed by atoms with Crippen LogP contribution < -0.4 is 5.32 Å². The molecule has 1 amide bonds. The monoisotopic (exact) mass is 273 g/mol. The fraction of sp³-hybridized carbons (Fsp3) is 0.188. The van der Waals surface area contributed by atoms with E-state index >= 15 is 0 Å². The molecule has 0 heterocycles. The first-order valence-electron chi connectivity index (χ1n) is 6.35. The number of rotatable bonds is 4. The van der Waals surface area contributed by atoms with E-state index in [1.807, 2.05) is 6.07 Å². The third kappa shape index (κ3) is 3.65. The predicted octanol–water partition coefficient (Wildman–Crippen LogP) is 3.20. The van der Waals surface area contributed by atoms with E-state index in [9.17, 15) is 14.3 Å². The SMILES string of the molecule is Cc1cc(NC(=O)CC(O)c2ccccc2)ccc1F. The average molecular weight is 273 g/mol. The van der Waals surface area contributed by atoms with Gasteiger partial charge in [-0.15, -0.1) is 0 Å². The second-order valence-electron chi connectivity index (χ2n) is 4.64. The van der Waals surface area contributed by atoms with Crippen molar-refractivity contribution in [2.45, 2.75) is 19.4 Å². The lowest BCUT2D eigenvalue weighted by molar-refractivity contribution is -0.118. The zero-order chi connectivity index (χ0) is 14.5. The molecule has 2 N–H and O–H groups in total. The number of halogens is 1. The van der Waals surface area contributed by atoms with Crippen LogP contribution in [0, 0.1) is 12.7 Å².